The van der Waals surface area contributed by atoms with Crippen molar-refractivity contribution in [2.24, 2.45) is 0 Å². The number of nitro groups is 1. The Labute approximate surface area is 113 Å². The van der Waals surface area contributed by atoms with E-state index < -0.39 is 4.92 Å². The maximum atomic E-state index is 11.0. The second kappa shape index (κ2) is 5.77. The smallest absolute Gasteiger partial charge is 0.311 e. The van der Waals surface area contributed by atoms with Crippen molar-refractivity contribution < 1.29 is 14.4 Å². The number of benzene rings is 1. The summed E-state index contributed by atoms with van der Waals surface area (Å²) < 4.78 is 10.1. The molecule has 0 radical (unpaired) electrons. The molecular weight excluding hydrogens is 274 g/mol. The molecule has 0 unspecified atom stereocenters. The molecule has 0 aliphatic rings. The molecule has 100 valence electrons. The standard InChI is InChI=1S/C11H10ClN3O4/c1-18-2-3-19-10-5-8-7(4-9(10)15(16)17)11(12)14-6-13-8/h4-6H,2-3H2,1H3. The summed E-state index contributed by atoms with van der Waals surface area (Å²) in [6.07, 6.45) is 1.29. The fourth-order valence-corrected chi connectivity index (χ4v) is 1.73. The van der Waals surface area contributed by atoms with Gasteiger partial charge in [0.15, 0.2) is 5.75 Å². The Bertz CT molecular complexity index is 620. The highest BCUT2D eigenvalue weighted by atomic mass is 35.5. The third-order valence-electron chi connectivity index (χ3n) is 2.41. The summed E-state index contributed by atoms with van der Waals surface area (Å²) in [7, 11) is 1.52. The van der Waals surface area contributed by atoms with E-state index in [0.29, 0.717) is 17.5 Å². The molecule has 0 saturated carbocycles. The third kappa shape index (κ3) is 2.88. The number of ether oxygens (including phenoxy) is 2. The van der Waals surface area contributed by atoms with E-state index in [-0.39, 0.29) is 23.2 Å². The van der Waals surface area contributed by atoms with Crippen molar-refractivity contribution in [1.82, 2.24) is 9.97 Å². The second-order valence-electron chi connectivity index (χ2n) is 3.60. The monoisotopic (exact) mass is 283 g/mol. The Hall–Kier alpha value is -1.99. The van der Waals surface area contributed by atoms with E-state index in [1.165, 1.54) is 25.6 Å². The van der Waals surface area contributed by atoms with Crippen molar-refractivity contribution in [1.29, 1.82) is 0 Å². The van der Waals surface area contributed by atoms with Gasteiger partial charge >= 0.3 is 5.69 Å². The van der Waals surface area contributed by atoms with Crippen molar-refractivity contribution in [3.05, 3.63) is 33.7 Å². The molecule has 0 fully saturated rings. The molecule has 7 nitrogen and oxygen atoms in total. The van der Waals surface area contributed by atoms with E-state index in [1.807, 2.05) is 0 Å². The highest BCUT2D eigenvalue weighted by molar-refractivity contribution is 6.34. The van der Waals surface area contributed by atoms with Crippen LogP contribution in [-0.2, 0) is 4.74 Å². The van der Waals surface area contributed by atoms with E-state index in [9.17, 15) is 10.1 Å². The molecule has 8 heteroatoms. The van der Waals surface area contributed by atoms with Gasteiger partial charge < -0.3 is 9.47 Å². The molecule has 0 aliphatic heterocycles. The zero-order valence-electron chi connectivity index (χ0n) is 10.00. The molecule has 2 rings (SSSR count). The first-order chi connectivity index (χ1) is 9.13. The zero-order chi connectivity index (χ0) is 13.8. The van der Waals surface area contributed by atoms with Crippen molar-refractivity contribution >= 4 is 28.2 Å². The van der Waals surface area contributed by atoms with Crippen LogP contribution in [0.1, 0.15) is 0 Å². The summed E-state index contributed by atoms with van der Waals surface area (Å²) in [5.41, 5.74) is 0.304. The lowest BCUT2D eigenvalue weighted by molar-refractivity contribution is -0.385. The van der Waals surface area contributed by atoms with Crippen LogP contribution in [0.25, 0.3) is 10.9 Å². The lowest BCUT2D eigenvalue weighted by Gasteiger charge is -2.07. The topological polar surface area (TPSA) is 87.4 Å². The van der Waals surface area contributed by atoms with Crippen LogP contribution in [0.3, 0.4) is 0 Å². The number of aromatic nitrogens is 2. The van der Waals surface area contributed by atoms with Crippen molar-refractivity contribution in [3.63, 3.8) is 0 Å². The van der Waals surface area contributed by atoms with Crippen molar-refractivity contribution in [2.75, 3.05) is 20.3 Å². The minimum atomic E-state index is -0.537. The van der Waals surface area contributed by atoms with Gasteiger partial charge in [0.1, 0.15) is 18.1 Å². The lowest BCUT2D eigenvalue weighted by atomic mass is 10.2. The van der Waals surface area contributed by atoms with Gasteiger partial charge in [0.25, 0.3) is 0 Å². The van der Waals surface area contributed by atoms with Crippen LogP contribution in [0.4, 0.5) is 5.69 Å². The zero-order valence-corrected chi connectivity index (χ0v) is 10.8. The second-order valence-corrected chi connectivity index (χ2v) is 3.96. The molecule has 1 aromatic heterocycles. The van der Waals surface area contributed by atoms with Crippen LogP contribution < -0.4 is 4.74 Å². The normalized spacial score (nSPS) is 10.6. The molecule has 0 aliphatic carbocycles. The van der Waals surface area contributed by atoms with Crippen LogP contribution in [0.5, 0.6) is 5.75 Å². The number of fused-ring (bicyclic) bond motifs is 1. The number of hydrogen-bond donors (Lipinski definition) is 0. The number of nitro benzene ring substituents is 1. The molecule has 0 bridgehead atoms. The SMILES string of the molecule is COCCOc1cc2ncnc(Cl)c2cc1[N+](=O)[O-]. The first-order valence-electron chi connectivity index (χ1n) is 5.34. The minimum Gasteiger partial charge on any atom is -0.484 e. The summed E-state index contributed by atoms with van der Waals surface area (Å²) in [6, 6.07) is 2.77. The van der Waals surface area contributed by atoms with Gasteiger partial charge in [-0.15, -0.1) is 0 Å². The first-order valence-corrected chi connectivity index (χ1v) is 5.71. The van der Waals surface area contributed by atoms with E-state index in [4.69, 9.17) is 21.1 Å². The van der Waals surface area contributed by atoms with Gasteiger partial charge in [-0.3, -0.25) is 10.1 Å². The van der Waals surface area contributed by atoms with Gasteiger partial charge in [-0.05, 0) is 0 Å². The maximum Gasteiger partial charge on any atom is 0.311 e. The third-order valence-corrected chi connectivity index (χ3v) is 2.71. The molecule has 1 aromatic carbocycles. The number of halogens is 1. The van der Waals surface area contributed by atoms with Crippen LogP contribution in [0, 0.1) is 10.1 Å². The molecular formula is C11H10ClN3O4. The first kappa shape index (κ1) is 13.4. The largest absolute Gasteiger partial charge is 0.484 e. The Morgan fingerprint density at radius 2 is 2.16 bits per heavy atom. The number of methoxy groups -OCH3 is 1. The van der Waals surface area contributed by atoms with E-state index in [1.54, 1.807) is 0 Å². The number of nitrogens with zero attached hydrogens (tertiary/aromatic N) is 3. The van der Waals surface area contributed by atoms with Crippen molar-refractivity contribution in [3.8, 4) is 5.75 Å². The molecule has 2 aromatic rings. The summed E-state index contributed by atoms with van der Waals surface area (Å²) in [5.74, 6) is 0.129. The molecule has 0 atom stereocenters. The molecule has 0 spiro atoms. The van der Waals surface area contributed by atoms with Gasteiger partial charge in [-0.25, -0.2) is 9.97 Å². The predicted molar refractivity (Wildman–Crippen MR) is 68.6 cm³/mol. The fraction of sp³-hybridized carbons (Fsp3) is 0.273. The van der Waals surface area contributed by atoms with Crippen LogP contribution in [-0.4, -0.2) is 35.2 Å². The summed E-state index contributed by atoms with van der Waals surface area (Å²) in [4.78, 5) is 18.3. The van der Waals surface area contributed by atoms with E-state index in [0.717, 1.165) is 0 Å². The van der Waals surface area contributed by atoms with Gasteiger partial charge in [0.2, 0.25) is 0 Å². The van der Waals surface area contributed by atoms with Gasteiger partial charge in [-0.1, -0.05) is 11.6 Å². The van der Waals surface area contributed by atoms with Crippen LogP contribution in [0.2, 0.25) is 5.15 Å². The predicted octanol–water partition coefficient (Wildman–Crippen LogP) is 2.22. The van der Waals surface area contributed by atoms with E-state index >= 15 is 0 Å². The summed E-state index contributed by atoms with van der Waals surface area (Å²) in [5, 5.41) is 11.6. The average Bonchev–Trinajstić information content (AvgIpc) is 2.38. The molecule has 0 amide bonds. The van der Waals surface area contributed by atoms with Gasteiger partial charge in [0.05, 0.1) is 17.0 Å². The number of hydrogen-bond acceptors (Lipinski definition) is 6. The Morgan fingerprint density at radius 3 is 2.84 bits per heavy atom. The van der Waals surface area contributed by atoms with Crippen LogP contribution in [0.15, 0.2) is 18.5 Å². The molecule has 0 saturated heterocycles. The van der Waals surface area contributed by atoms with Gasteiger partial charge in [0, 0.05) is 24.6 Å². The summed E-state index contributed by atoms with van der Waals surface area (Å²) in [6.45, 7) is 0.543. The highest BCUT2D eigenvalue weighted by Gasteiger charge is 2.18. The number of rotatable bonds is 5. The fourth-order valence-electron chi connectivity index (χ4n) is 1.53. The van der Waals surface area contributed by atoms with Crippen LogP contribution >= 0.6 is 11.6 Å². The lowest BCUT2D eigenvalue weighted by Crippen LogP contribution is -2.06. The quantitative estimate of drug-likeness (QED) is 0.362. The molecule has 19 heavy (non-hydrogen) atoms. The van der Waals surface area contributed by atoms with E-state index in [2.05, 4.69) is 9.97 Å². The molecule has 0 N–H and O–H groups in total. The highest BCUT2D eigenvalue weighted by Crippen LogP contribution is 2.33. The maximum absolute atomic E-state index is 11.0. The van der Waals surface area contributed by atoms with Crippen molar-refractivity contribution in [2.45, 2.75) is 0 Å². The van der Waals surface area contributed by atoms with Gasteiger partial charge in [-0.2, -0.15) is 0 Å². The molecule has 1 heterocycles. The Balaban J connectivity index is 2.48. The summed E-state index contributed by atoms with van der Waals surface area (Å²) >= 11 is 5.88. The Kier molecular flexibility index (Phi) is 4.08. The Morgan fingerprint density at radius 1 is 1.37 bits per heavy atom. The minimum absolute atomic E-state index is 0.129. The average molecular weight is 284 g/mol.